The molecular formula is C15H27N5O2S2. The fraction of sp³-hybridized carbons (Fsp3) is 0.733. The number of nitrogens with one attached hydrogen (secondary N) is 2. The Morgan fingerprint density at radius 3 is 2.67 bits per heavy atom. The molecule has 0 spiro atoms. The molecule has 7 nitrogen and oxygen atoms in total. The van der Waals surface area contributed by atoms with Crippen molar-refractivity contribution in [2.24, 2.45) is 10.9 Å². The van der Waals surface area contributed by atoms with Crippen LogP contribution in [0.25, 0.3) is 0 Å². The van der Waals surface area contributed by atoms with Crippen LogP contribution in [0.2, 0.25) is 0 Å². The molecule has 0 bridgehead atoms. The van der Waals surface area contributed by atoms with E-state index in [0.29, 0.717) is 25.6 Å². The zero-order valence-electron chi connectivity index (χ0n) is 14.6. The van der Waals surface area contributed by atoms with Crippen LogP contribution in [-0.4, -0.2) is 56.1 Å². The summed E-state index contributed by atoms with van der Waals surface area (Å²) in [6.45, 7) is 7.41. The molecule has 0 aliphatic carbocycles. The van der Waals surface area contributed by atoms with Gasteiger partial charge in [0.2, 0.25) is 10.0 Å². The number of piperidine rings is 1. The molecule has 1 aliphatic heterocycles. The Kier molecular flexibility index (Phi) is 7.00. The van der Waals surface area contributed by atoms with Gasteiger partial charge in [-0.25, -0.2) is 22.7 Å². The van der Waals surface area contributed by atoms with E-state index >= 15 is 0 Å². The largest absolute Gasteiger partial charge is 0.357 e. The molecule has 2 heterocycles. The van der Waals surface area contributed by atoms with E-state index in [4.69, 9.17) is 0 Å². The average molecular weight is 374 g/mol. The standard InChI is InChI=1S/C15H27N5O2S2/c1-4-16-15(18-10-14-19-12(2)11-23-14)17-9-13-5-7-20(8-6-13)24(3,21)22/h11,13H,4-10H2,1-3H3,(H2,16,17,18). The number of aryl methyl sites for hydroxylation is 1. The lowest BCUT2D eigenvalue weighted by Gasteiger charge is -2.30. The highest BCUT2D eigenvalue weighted by Crippen LogP contribution is 2.18. The van der Waals surface area contributed by atoms with E-state index in [0.717, 1.165) is 42.6 Å². The fourth-order valence-corrected chi connectivity index (χ4v) is 4.22. The van der Waals surface area contributed by atoms with Gasteiger partial charge in [-0.15, -0.1) is 11.3 Å². The molecule has 0 radical (unpaired) electrons. The summed E-state index contributed by atoms with van der Waals surface area (Å²) in [5.41, 5.74) is 1.03. The van der Waals surface area contributed by atoms with Crippen molar-refractivity contribution >= 4 is 27.3 Å². The van der Waals surface area contributed by atoms with Gasteiger partial charge in [-0.3, -0.25) is 0 Å². The quantitative estimate of drug-likeness (QED) is 0.578. The molecular weight excluding hydrogens is 346 g/mol. The van der Waals surface area contributed by atoms with Crippen LogP contribution >= 0.6 is 11.3 Å². The van der Waals surface area contributed by atoms with Crippen molar-refractivity contribution in [2.75, 3.05) is 32.4 Å². The molecule has 0 atom stereocenters. The molecule has 1 aromatic rings. The number of hydrogen-bond acceptors (Lipinski definition) is 5. The van der Waals surface area contributed by atoms with Crippen LogP contribution in [0.15, 0.2) is 10.4 Å². The first-order chi connectivity index (χ1) is 11.4. The Morgan fingerprint density at radius 1 is 1.42 bits per heavy atom. The maximum Gasteiger partial charge on any atom is 0.211 e. The van der Waals surface area contributed by atoms with Gasteiger partial charge in [0.1, 0.15) is 5.01 Å². The average Bonchev–Trinajstić information content (AvgIpc) is 2.95. The Labute approximate surface area is 148 Å². The van der Waals surface area contributed by atoms with Crippen molar-refractivity contribution in [1.82, 2.24) is 19.9 Å². The molecule has 1 aromatic heterocycles. The SMILES string of the molecule is CCNC(=NCc1nc(C)cs1)NCC1CCN(S(C)(=O)=O)CC1. The van der Waals surface area contributed by atoms with Crippen molar-refractivity contribution in [2.45, 2.75) is 33.2 Å². The Morgan fingerprint density at radius 2 is 2.12 bits per heavy atom. The zero-order valence-corrected chi connectivity index (χ0v) is 16.2. The van der Waals surface area contributed by atoms with Crippen LogP contribution in [-0.2, 0) is 16.6 Å². The minimum Gasteiger partial charge on any atom is -0.357 e. The first-order valence-electron chi connectivity index (χ1n) is 8.26. The molecule has 1 aliphatic rings. The molecule has 0 unspecified atom stereocenters. The third-order valence-electron chi connectivity index (χ3n) is 3.98. The summed E-state index contributed by atoms with van der Waals surface area (Å²) in [4.78, 5) is 8.99. The lowest BCUT2D eigenvalue weighted by atomic mass is 9.98. The number of thiazole rings is 1. The van der Waals surface area contributed by atoms with Crippen LogP contribution in [0.4, 0.5) is 0 Å². The number of aliphatic imine (C=N–C) groups is 1. The van der Waals surface area contributed by atoms with E-state index in [1.807, 2.05) is 19.2 Å². The first-order valence-corrected chi connectivity index (χ1v) is 11.0. The van der Waals surface area contributed by atoms with Crippen molar-refractivity contribution in [3.8, 4) is 0 Å². The van der Waals surface area contributed by atoms with E-state index in [-0.39, 0.29) is 0 Å². The minimum absolute atomic E-state index is 0.467. The van der Waals surface area contributed by atoms with Crippen LogP contribution in [0.5, 0.6) is 0 Å². The normalized spacial score (nSPS) is 17.9. The predicted octanol–water partition coefficient (Wildman–Crippen LogP) is 1.18. The molecule has 2 N–H and O–H groups in total. The maximum atomic E-state index is 11.5. The summed E-state index contributed by atoms with van der Waals surface area (Å²) in [5.74, 6) is 1.25. The lowest BCUT2D eigenvalue weighted by Crippen LogP contribution is -2.44. The lowest BCUT2D eigenvalue weighted by molar-refractivity contribution is 0.275. The van der Waals surface area contributed by atoms with Gasteiger partial charge in [0, 0.05) is 37.3 Å². The highest BCUT2D eigenvalue weighted by atomic mass is 32.2. The molecule has 1 fully saturated rings. The molecule has 24 heavy (non-hydrogen) atoms. The predicted molar refractivity (Wildman–Crippen MR) is 98.8 cm³/mol. The second-order valence-corrected chi connectivity index (χ2v) is 8.99. The summed E-state index contributed by atoms with van der Waals surface area (Å²) in [5, 5.41) is 9.64. The monoisotopic (exact) mass is 373 g/mol. The molecule has 1 saturated heterocycles. The zero-order chi connectivity index (χ0) is 17.6. The third-order valence-corrected chi connectivity index (χ3v) is 6.24. The van der Waals surface area contributed by atoms with E-state index in [9.17, 15) is 8.42 Å². The van der Waals surface area contributed by atoms with Gasteiger partial charge >= 0.3 is 0 Å². The van der Waals surface area contributed by atoms with Gasteiger partial charge in [0.15, 0.2) is 5.96 Å². The van der Waals surface area contributed by atoms with Crippen molar-refractivity contribution < 1.29 is 8.42 Å². The van der Waals surface area contributed by atoms with Gasteiger partial charge in [-0.2, -0.15) is 0 Å². The number of sulfonamides is 1. The summed E-state index contributed by atoms with van der Waals surface area (Å²) in [6.07, 6.45) is 3.04. The van der Waals surface area contributed by atoms with Crippen molar-refractivity contribution in [3.63, 3.8) is 0 Å². The van der Waals surface area contributed by atoms with E-state index in [1.165, 1.54) is 6.26 Å². The number of nitrogens with zero attached hydrogens (tertiary/aromatic N) is 3. The molecule has 0 saturated carbocycles. The van der Waals surface area contributed by atoms with Crippen molar-refractivity contribution in [1.29, 1.82) is 0 Å². The highest BCUT2D eigenvalue weighted by molar-refractivity contribution is 7.88. The third kappa shape index (κ3) is 6.03. The number of hydrogen-bond donors (Lipinski definition) is 2. The van der Waals surface area contributed by atoms with Crippen LogP contribution < -0.4 is 10.6 Å². The molecule has 136 valence electrons. The van der Waals surface area contributed by atoms with E-state index < -0.39 is 10.0 Å². The van der Waals surface area contributed by atoms with E-state index in [1.54, 1.807) is 15.6 Å². The number of guanidine groups is 1. The van der Waals surface area contributed by atoms with Gasteiger partial charge in [-0.05, 0) is 32.6 Å². The van der Waals surface area contributed by atoms with E-state index in [2.05, 4.69) is 20.6 Å². The molecule has 2 rings (SSSR count). The van der Waals surface area contributed by atoms with Crippen LogP contribution in [0.1, 0.15) is 30.5 Å². The van der Waals surface area contributed by atoms with Gasteiger partial charge in [0.25, 0.3) is 0 Å². The molecule has 9 heteroatoms. The summed E-state index contributed by atoms with van der Waals surface area (Å²) >= 11 is 1.62. The highest BCUT2D eigenvalue weighted by Gasteiger charge is 2.24. The maximum absolute atomic E-state index is 11.5. The number of rotatable bonds is 6. The summed E-state index contributed by atoms with van der Waals surface area (Å²) in [6, 6.07) is 0. The second kappa shape index (κ2) is 8.77. The summed E-state index contributed by atoms with van der Waals surface area (Å²) in [7, 11) is -3.06. The smallest absolute Gasteiger partial charge is 0.211 e. The number of aromatic nitrogens is 1. The second-order valence-electron chi connectivity index (χ2n) is 6.06. The minimum atomic E-state index is -3.06. The molecule has 0 amide bonds. The fourth-order valence-electron chi connectivity index (χ4n) is 2.65. The topological polar surface area (TPSA) is 86.7 Å². The van der Waals surface area contributed by atoms with Gasteiger partial charge < -0.3 is 10.6 Å². The van der Waals surface area contributed by atoms with Crippen molar-refractivity contribution in [3.05, 3.63) is 16.1 Å². The Hall–Kier alpha value is -1.19. The summed E-state index contributed by atoms with van der Waals surface area (Å²) < 4.78 is 24.6. The van der Waals surface area contributed by atoms with Gasteiger partial charge in [0.05, 0.1) is 12.8 Å². The molecule has 0 aromatic carbocycles. The van der Waals surface area contributed by atoms with Crippen LogP contribution in [0, 0.1) is 12.8 Å². The van der Waals surface area contributed by atoms with Crippen LogP contribution in [0.3, 0.4) is 0 Å². The Bertz CT molecular complexity index is 649. The Balaban J connectivity index is 1.81. The first kappa shape index (κ1) is 19.1. The van der Waals surface area contributed by atoms with Gasteiger partial charge in [-0.1, -0.05) is 0 Å².